The van der Waals surface area contributed by atoms with Crippen LogP contribution in [0.3, 0.4) is 0 Å². The van der Waals surface area contributed by atoms with Gasteiger partial charge < -0.3 is 10.2 Å². The molecule has 0 aliphatic carbocycles. The third kappa shape index (κ3) is 4.45. The highest BCUT2D eigenvalue weighted by Gasteiger charge is 2.14. The number of anilines is 2. The van der Waals surface area contributed by atoms with E-state index in [-0.39, 0.29) is 11.7 Å². The van der Waals surface area contributed by atoms with Crippen molar-refractivity contribution in [2.75, 3.05) is 23.3 Å². The average molecular weight is 353 g/mol. The fraction of sp³-hybridized carbons (Fsp3) is 0.353. The second-order valence-corrected chi connectivity index (χ2v) is 7.45. The topological polar surface area (TPSA) is 32.3 Å². The molecule has 3 rings (SSSR count). The largest absolute Gasteiger partial charge is 0.371 e. The van der Waals surface area contributed by atoms with Crippen LogP contribution in [-0.2, 0) is 11.2 Å². The van der Waals surface area contributed by atoms with Gasteiger partial charge in [-0.25, -0.2) is 4.39 Å². The quantitative estimate of drug-likeness (QED) is 0.845. The summed E-state index contributed by atoms with van der Waals surface area (Å²) in [7, 11) is 0. The summed E-state index contributed by atoms with van der Waals surface area (Å²) in [6.45, 7) is 1.88. The van der Waals surface area contributed by atoms with Crippen molar-refractivity contribution in [2.24, 2.45) is 0 Å². The summed E-state index contributed by atoms with van der Waals surface area (Å²) < 4.78 is 14.5. The maximum absolute atomic E-state index is 13.8. The Balaban J connectivity index is 1.61. The second-order valence-electron chi connectivity index (χ2n) is 5.65. The normalized spacial score (nSPS) is 14.3. The van der Waals surface area contributed by atoms with Gasteiger partial charge in [0.2, 0.25) is 5.91 Å². The first-order valence-electron chi connectivity index (χ1n) is 7.70. The fourth-order valence-electron chi connectivity index (χ4n) is 2.75. The van der Waals surface area contributed by atoms with Gasteiger partial charge in [0.25, 0.3) is 0 Å². The van der Waals surface area contributed by atoms with Gasteiger partial charge in [0, 0.05) is 35.8 Å². The van der Waals surface area contributed by atoms with Crippen molar-refractivity contribution >= 4 is 40.2 Å². The predicted octanol–water partition coefficient (Wildman–Crippen LogP) is 4.71. The first-order valence-corrected chi connectivity index (χ1v) is 8.89. The summed E-state index contributed by atoms with van der Waals surface area (Å²) in [6.07, 6.45) is 3.24. The molecule has 1 aliphatic heterocycles. The van der Waals surface area contributed by atoms with E-state index in [1.807, 2.05) is 18.2 Å². The van der Waals surface area contributed by atoms with Crippen LogP contribution in [0.25, 0.3) is 0 Å². The molecule has 2 aromatic rings. The highest BCUT2D eigenvalue weighted by Crippen LogP contribution is 2.26. The van der Waals surface area contributed by atoms with Crippen molar-refractivity contribution in [3.8, 4) is 0 Å². The maximum atomic E-state index is 13.8. The smallest absolute Gasteiger partial charge is 0.224 e. The lowest BCUT2D eigenvalue weighted by Gasteiger charge is -2.18. The number of hydrogen-bond acceptors (Lipinski definition) is 3. The Morgan fingerprint density at radius 1 is 1.26 bits per heavy atom. The minimum atomic E-state index is -0.324. The predicted molar refractivity (Wildman–Crippen MR) is 94.1 cm³/mol. The molecule has 0 saturated carbocycles. The molecule has 0 spiro atoms. The van der Waals surface area contributed by atoms with Gasteiger partial charge in [0.15, 0.2) is 0 Å². The summed E-state index contributed by atoms with van der Waals surface area (Å²) in [4.78, 5) is 15.3. The number of carbonyl (C=O) groups excluding carboxylic acids is 1. The minimum absolute atomic E-state index is 0.118. The summed E-state index contributed by atoms with van der Waals surface area (Å²) >= 11 is 7.35. The van der Waals surface area contributed by atoms with Gasteiger partial charge in [-0.15, -0.1) is 11.3 Å². The Bertz CT molecular complexity index is 698. The first kappa shape index (κ1) is 16.3. The average Bonchev–Trinajstić information content (AvgIpc) is 3.16. The summed E-state index contributed by atoms with van der Waals surface area (Å²) in [6, 6.07) is 8.48. The molecular formula is C17H18ClFN2OS. The fourth-order valence-corrected chi connectivity index (χ4v) is 3.84. The number of halogens is 2. The molecule has 0 bridgehead atoms. The van der Waals surface area contributed by atoms with Gasteiger partial charge >= 0.3 is 0 Å². The number of rotatable bonds is 5. The number of hydrogen-bond donors (Lipinski definition) is 1. The molecule has 0 unspecified atom stereocenters. The van der Waals surface area contributed by atoms with Crippen molar-refractivity contribution in [3.63, 3.8) is 0 Å². The van der Waals surface area contributed by atoms with Gasteiger partial charge in [-0.1, -0.05) is 11.6 Å². The second kappa shape index (κ2) is 7.32. The van der Waals surface area contributed by atoms with Crippen molar-refractivity contribution < 1.29 is 9.18 Å². The molecule has 1 aliphatic rings. The summed E-state index contributed by atoms with van der Waals surface area (Å²) in [5.74, 6) is -0.442. The third-order valence-electron chi connectivity index (χ3n) is 3.86. The lowest BCUT2D eigenvalue weighted by molar-refractivity contribution is -0.116. The molecule has 2 heterocycles. The number of aryl methyl sites for hydroxylation is 1. The van der Waals surface area contributed by atoms with E-state index in [2.05, 4.69) is 10.2 Å². The Kier molecular flexibility index (Phi) is 5.18. The number of thiophene rings is 1. The number of amides is 1. The molecule has 0 radical (unpaired) electrons. The molecule has 1 saturated heterocycles. The van der Waals surface area contributed by atoms with Crippen LogP contribution in [0.2, 0.25) is 4.34 Å². The van der Waals surface area contributed by atoms with Crippen molar-refractivity contribution in [1.29, 1.82) is 0 Å². The van der Waals surface area contributed by atoms with E-state index < -0.39 is 0 Å². The van der Waals surface area contributed by atoms with Crippen LogP contribution in [0.4, 0.5) is 15.8 Å². The van der Waals surface area contributed by atoms with Crippen molar-refractivity contribution in [3.05, 3.63) is 45.4 Å². The molecule has 1 N–H and O–H groups in total. The summed E-state index contributed by atoms with van der Waals surface area (Å²) in [5.41, 5.74) is 1.35. The number of nitrogens with one attached hydrogen (secondary N) is 1. The van der Waals surface area contributed by atoms with E-state index in [9.17, 15) is 9.18 Å². The Hall–Kier alpha value is -1.59. The SMILES string of the molecule is O=C(CCc1ccc(Cl)s1)Nc1cc(F)cc(N2CCCC2)c1. The van der Waals surface area contributed by atoms with Gasteiger partial charge in [-0.05, 0) is 49.6 Å². The lowest BCUT2D eigenvalue weighted by Crippen LogP contribution is -2.18. The number of nitrogens with zero attached hydrogens (tertiary/aromatic N) is 1. The van der Waals surface area contributed by atoms with E-state index in [1.54, 1.807) is 0 Å². The van der Waals surface area contributed by atoms with Gasteiger partial charge in [0.1, 0.15) is 5.82 Å². The molecule has 122 valence electrons. The van der Waals surface area contributed by atoms with Crippen LogP contribution >= 0.6 is 22.9 Å². The van der Waals surface area contributed by atoms with Crippen molar-refractivity contribution in [1.82, 2.24) is 0 Å². The van der Waals surface area contributed by atoms with E-state index in [0.29, 0.717) is 18.5 Å². The van der Waals surface area contributed by atoms with Gasteiger partial charge in [-0.2, -0.15) is 0 Å². The highest BCUT2D eigenvalue weighted by molar-refractivity contribution is 7.16. The molecule has 3 nitrogen and oxygen atoms in total. The molecule has 1 aromatic heterocycles. The maximum Gasteiger partial charge on any atom is 0.224 e. The van der Waals surface area contributed by atoms with Crippen LogP contribution in [-0.4, -0.2) is 19.0 Å². The van der Waals surface area contributed by atoms with Crippen LogP contribution in [0.5, 0.6) is 0 Å². The van der Waals surface area contributed by atoms with E-state index >= 15 is 0 Å². The molecule has 1 fully saturated rings. The molecule has 23 heavy (non-hydrogen) atoms. The van der Waals surface area contributed by atoms with Gasteiger partial charge in [0.05, 0.1) is 4.34 Å². The Morgan fingerprint density at radius 2 is 2.04 bits per heavy atom. The van der Waals surface area contributed by atoms with Crippen molar-refractivity contribution in [2.45, 2.75) is 25.7 Å². The van der Waals surface area contributed by atoms with Crippen LogP contribution in [0.15, 0.2) is 30.3 Å². The third-order valence-corrected chi connectivity index (χ3v) is 5.16. The zero-order valence-electron chi connectivity index (χ0n) is 12.6. The number of carbonyl (C=O) groups is 1. The van der Waals surface area contributed by atoms with Crippen LogP contribution in [0, 0.1) is 5.82 Å². The molecular weight excluding hydrogens is 335 g/mol. The van der Waals surface area contributed by atoms with E-state index in [0.717, 1.165) is 40.8 Å². The van der Waals surface area contributed by atoms with E-state index in [1.165, 1.54) is 23.5 Å². The Labute approximate surface area is 144 Å². The number of benzene rings is 1. The lowest BCUT2D eigenvalue weighted by atomic mass is 10.2. The zero-order chi connectivity index (χ0) is 16.2. The van der Waals surface area contributed by atoms with E-state index in [4.69, 9.17) is 11.6 Å². The van der Waals surface area contributed by atoms with Crippen LogP contribution in [0.1, 0.15) is 24.1 Å². The monoisotopic (exact) mass is 352 g/mol. The minimum Gasteiger partial charge on any atom is -0.371 e. The summed E-state index contributed by atoms with van der Waals surface area (Å²) in [5, 5.41) is 2.79. The van der Waals surface area contributed by atoms with Gasteiger partial charge in [-0.3, -0.25) is 4.79 Å². The molecule has 6 heteroatoms. The Morgan fingerprint density at radius 3 is 2.74 bits per heavy atom. The molecule has 1 amide bonds. The van der Waals surface area contributed by atoms with Crippen LogP contribution < -0.4 is 10.2 Å². The standard InChI is InChI=1S/C17H18ClFN2OS/c18-16-5-3-15(23-16)4-6-17(22)20-13-9-12(19)10-14(11-13)21-7-1-2-8-21/h3,5,9-11H,1-2,4,6-8H2,(H,20,22). The molecule has 0 atom stereocenters. The zero-order valence-corrected chi connectivity index (χ0v) is 14.2. The molecule has 1 aromatic carbocycles. The highest BCUT2D eigenvalue weighted by atomic mass is 35.5. The first-order chi connectivity index (χ1) is 11.1.